The number of benzene rings is 2. The van der Waals surface area contributed by atoms with E-state index in [1.807, 2.05) is 0 Å². The van der Waals surface area contributed by atoms with Crippen molar-refractivity contribution in [3.63, 3.8) is 0 Å². The second-order valence-electron chi connectivity index (χ2n) is 3.80. The standard InChI is InChI=1S/C13H9BrCl2N2O2/c14-10-6-8(2-3-9(10)13(17)18-19)20-12-4-1-7(15)5-11(12)16/h1-6,19H,(H2,17,18). The summed E-state index contributed by atoms with van der Waals surface area (Å²) in [5.74, 6) is 1.04. The van der Waals surface area contributed by atoms with E-state index in [-0.39, 0.29) is 5.84 Å². The molecule has 0 heterocycles. The first-order valence-electron chi connectivity index (χ1n) is 5.41. The van der Waals surface area contributed by atoms with Crippen molar-refractivity contribution in [2.45, 2.75) is 0 Å². The molecule has 20 heavy (non-hydrogen) atoms. The van der Waals surface area contributed by atoms with Gasteiger partial charge in [0.15, 0.2) is 5.84 Å². The maximum absolute atomic E-state index is 8.66. The van der Waals surface area contributed by atoms with Gasteiger partial charge in [0.25, 0.3) is 0 Å². The minimum atomic E-state index is 0.00736. The summed E-state index contributed by atoms with van der Waals surface area (Å²) in [4.78, 5) is 0. The number of halogens is 3. The minimum Gasteiger partial charge on any atom is -0.456 e. The monoisotopic (exact) mass is 374 g/mol. The highest BCUT2D eigenvalue weighted by Crippen LogP contribution is 2.33. The van der Waals surface area contributed by atoms with Crippen molar-refractivity contribution >= 4 is 45.0 Å². The summed E-state index contributed by atoms with van der Waals surface area (Å²) in [6, 6.07) is 10.00. The number of hydrogen-bond acceptors (Lipinski definition) is 3. The summed E-state index contributed by atoms with van der Waals surface area (Å²) in [5.41, 5.74) is 6.09. The molecular weight excluding hydrogens is 367 g/mol. The van der Waals surface area contributed by atoms with Crippen molar-refractivity contribution in [1.82, 2.24) is 0 Å². The predicted octanol–water partition coefficient (Wildman–Crippen LogP) is 4.64. The molecule has 0 unspecified atom stereocenters. The molecule has 0 spiro atoms. The molecule has 7 heteroatoms. The molecule has 0 aromatic heterocycles. The maximum atomic E-state index is 8.66. The van der Waals surface area contributed by atoms with Gasteiger partial charge < -0.3 is 15.7 Å². The third-order valence-electron chi connectivity index (χ3n) is 2.45. The number of nitrogens with zero attached hydrogens (tertiary/aromatic N) is 1. The van der Waals surface area contributed by atoms with Crippen LogP contribution in [0.4, 0.5) is 0 Å². The lowest BCUT2D eigenvalue weighted by Gasteiger charge is -2.10. The lowest BCUT2D eigenvalue weighted by atomic mass is 10.2. The molecule has 2 aromatic carbocycles. The number of nitrogens with two attached hydrogens (primary N) is 1. The van der Waals surface area contributed by atoms with Gasteiger partial charge in [0.2, 0.25) is 0 Å². The van der Waals surface area contributed by atoms with Crippen molar-refractivity contribution in [2.24, 2.45) is 10.9 Å². The van der Waals surface area contributed by atoms with Crippen LogP contribution in [0.25, 0.3) is 0 Å². The van der Waals surface area contributed by atoms with Crippen LogP contribution in [0.2, 0.25) is 10.0 Å². The molecule has 0 radical (unpaired) electrons. The molecular formula is C13H9BrCl2N2O2. The summed E-state index contributed by atoms with van der Waals surface area (Å²) >= 11 is 15.2. The third-order valence-corrected chi connectivity index (χ3v) is 3.63. The van der Waals surface area contributed by atoms with Gasteiger partial charge in [-0.15, -0.1) is 0 Å². The largest absolute Gasteiger partial charge is 0.456 e. The van der Waals surface area contributed by atoms with Gasteiger partial charge in [0.1, 0.15) is 11.5 Å². The Morgan fingerprint density at radius 3 is 2.55 bits per heavy atom. The van der Waals surface area contributed by atoms with Crippen LogP contribution in [-0.2, 0) is 0 Å². The molecule has 104 valence electrons. The van der Waals surface area contributed by atoms with E-state index in [0.717, 1.165) is 0 Å². The Labute approximate surface area is 133 Å². The van der Waals surface area contributed by atoms with Gasteiger partial charge in [0.05, 0.1) is 5.02 Å². The van der Waals surface area contributed by atoms with Crippen molar-refractivity contribution < 1.29 is 9.94 Å². The molecule has 2 aromatic rings. The summed E-state index contributed by atoms with van der Waals surface area (Å²) in [5, 5.41) is 12.5. The van der Waals surface area contributed by atoms with Crippen LogP contribution in [0, 0.1) is 0 Å². The van der Waals surface area contributed by atoms with Gasteiger partial charge in [-0.2, -0.15) is 0 Å². The van der Waals surface area contributed by atoms with Gasteiger partial charge in [-0.1, -0.05) is 28.4 Å². The Balaban J connectivity index is 2.29. The van der Waals surface area contributed by atoms with Gasteiger partial charge in [-0.05, 0) is 52.3 Å². The second kappa shape index (κ2) is 6.35. The van der Waals surface area contributed by atoms with Crippen LogP contribution in [0.5, 0.6) is 11.5 Å². The lowest BCUT2D eigenvalue weighted by molar-refractivity contribution is 0.318. The molecule has 2 rings (SSSR count). The highest BCUT2D eigenvalue weighted by atomic mass is 79.9. The van der Waals surface area contributed by atoms with Crippen LogP contribution in [0.15, 0.2) is 46.0 Å². The van der Waals surface area contributed by atoms with Crippen LogP contribution in [0.3, 0.4) is 0 Å². The molecule has 0 bridgehead atoms. The number of ether oxygens (including phenoxy) is 1. The topological polar surface area (TPSA) is 67.8 Å². The molecule has 0 aliphatic rings. The fourth-order valence-corrected chi connectivity index (χ4v) is 2.51. The average Bonchev–Trinajstić information content (AvgIpc) is 2.41. The Bertz CT molecular complexity index is 677. The summed E-state index contributed by atoms with van der Waals surface area (Å²) < 4.78 is 6.28. The second-order valence-corrected chi connectivity index (χ2v) is 5.50. The number of hydrogen-bond donors (Lipinski definition) is 2. The number of amidine groups is 1. The molecule has 0 amide bonds. The molecule has 0 atom stereocenters. The first-order valence-corrected chi connectivity index (χ1v) is 6.96. The summed E-state index contributed by atoms with van der Waals surface area (Å²) in [7, 11) is 0. The fourth-order valence-electron chi connectivity index (χ4n) is 1.51. The SMILES string of the molecule is N/C(=N/O)c1ccc(Oc2ccc(Cl)cc2Cl)cc1Br. The van der Waals surface area contributed by atoms with E-state index < -0.39 is 0 Å². The molecule has 3 N–H and O–H groups in total. The normalized spacial score (nSPS) is 11.4. The van der Waals surface area contributed by atoms with E-state index in [2.05, 4.69) is 21.1 Å². The Morgan fingerprint density at radius 1 is 1.20 bits per heavy atom. The van der Waals surface area contributed by atoms with Crippen LogP contribution in [-0.4, -0.2) is 11.0 Å². The van der Waals surface area contributed by atoms with Crippen LogP contribution >= 0.6 is 39.1 Å². The van der Waals surface area contributed by atoms with Gasteiger partial charge >= 0.3 is 0 Å². The quantitative estimate of drug-likeness (QED) is 0.355. The third kappa shape index (κ3) is 3.36. The zero-order valence-corrected chi connectivity index (χ0v) is 13.1. The Kier molecular flexibility index (Phi) is 4.75. The minimum absolute atomic E-state index is 0.00736. The van der Waals surface area contributed by atoms with Gasteiger partial charge in [-0.3, -0.25) is 0 Å². The van der Waals surface area contributed by atoms with E-state index in [1.54, 1.807) is 36.4 Å². The highest BCUT2D eigenvalue weighted by Gasteiger charge is 2.09. The molecule has 0 fully saturated rings. The van der Waals surface area contributed by atoms with E-state index in [0.29, 0.717) is 31.6 Å². The lowest BCUT2D eigenvalue weighted by Crippen LogP contribution is -2.13. The van der Waals surface area contributed by atoms with Crippen LogP contribution < -0.4 is 10.5 Å². The Morgan fingerprint density at radius 2 is 1.95 bits per heavy atom. The fraction of sp³-hybridized carbons (Fsp3) is 0. The molecule has 4 nitrogen and oxygen atoms in total. The summed E-state index contributed by atoms with van der Waals surface area (Å²) in [6.45, 7) is 0. The zero-order valence-electron chi connectivity index (χ0n) is 9.98. The first-order chi connectivity index (χ1) is 9.51. The van der Waals surface area contributed by atoms with E-state index >= 15 is 0 Å². The molecule has 0 saturated heterocycles. The van der Waals surface area contributed by atoms with Crippen LogP contribution in [0.1, 0.15) is 5.56 Å². The van der Waals surface area contributed by atoms with Crippen molar-refractivity contribution in [1.29, 1.82) is 0 Å². The summed E-state index contributed by atoms with van der Waals surface area (Å²) in [6.07, 6.45) is 0. The van der Waals surface area contributed by atoms with Gasteiger partial charge in [-0.25, -0.2) is 0 Å². The highest BCUT2D eigenvalue weighted by molar-refractivity contribution is 9.10. The zero-order chi connectivity index (χ0) is 14.7. The number of oxime groups is 1. The average molecular weight is 376 g/mol. The molecule has 0 saturated carbocycles. The predicted molar refractivity (Wildman–Crippen MR) is 83.2 cm³/mol. The van der Waals surface area contributed by atoms with E-state index in [4.69, 9.17) is 38.9 Å². The smallest absolute Gasteiger partial charge is 0.171 e. The maximum Gasteiger partial charge on any atom is 0.171 e. The Hall–Kier alpha value is -1.43. The van der Waals surface area contributed by atoms with Crippen molar-refractivity contribution in [2.75, 3.05) is 0 Å². The first kappa shape index (κ1) is 15.0. The van der Waals surface area contributed by atoms with Crippen molar-refractivity contribution in [3.8, 4) is 11.5 Å². The molecule has 0 aliphatic heterocycles. The number of rotatable bonds is 3. The van der Waals surface area contributed by atoms with E-state index in [9.17, 15) is 0 Å². The van der Waals surface area contributed by atoms with E-state index in [1.165, 1.54) is 0 Å². The van der Waals surface area contributed by atoms with Gasteiger partial charge in [0, 0.05) is 15.1 Å². The molecule has 0 aliphatic carbocycles. The van der Waals surface area contributed by atoms with Crippen molar-refractivity contribution in [3.05, 3.63) is 56.5 Å².